The first-order chi connectivity index (χ1) is 16.4. The van der Waals surface area contributed by atoms with E-state index >= 15 is 0 Å². The lowest BCUT2D eigenvalue weighted by atomic mass is 9.71. The van der Waals surface area contributed by atoms with Gasteiger partial charge in [-0.05, 0) is 56.4 Å². The van der Waals surface area contributed by atoms with E-state index in [-0.39, 0.29) is 18.3 Å². The molecule has 4 rings (SSSR count). The molecule has 2 aromatic carbocycles. The van der Waals surface area contributed by atoms with Gasteiger partial charge in [0, 0.05) is 34.0 Å². The van der Waals surface area contributed by atoms with Crippen molar-refractivity contribution in [1.82, 2.24) is 5.32 Å². The zero-order valence-electron chi connectivity index (χ0n) is 19.8. The van der Waals surface area contributed by atoms with Gasteiger partial charge in [0.15, 0.2) is 5.78 Å². The molecule has 1 aliphatic heterocycles. The zero-order chi connectivity index (χ0) is 24.2. The Morgan fingerprint density at radius 2 is 1.82 bits per heavy atom. The van der Waals surface area contributed by atoms with Gasteiger partial charge in [-0.2, -0.15) is 0 Å². The van der Waals surface area contributed by atoms with Crippen LogP contribution in [-0.2, 0) is 14.3 Å². The van der Waals surface area contributed by atoms with E-state index < -0.39 is 11.9 Å². The Labute approximate surface area is 205 Å². The van der Waals surface area contributed by atoms with Crippen LogP contribution in [0.15, 0.2) is 71.1 Å². The number of Topliss-reactive ketones (excluding diaryl/α,β-unsaturated/α-hetero) is 1. The fraction of sp³-hybridized carbons (Fsp3) is 0.357. The van der Waals surface area contributed by atoms with Crippen LogP contribution in [0.2, 0.25) is 5.02 Å². The number of hydrogen-bond donors (Lipinski definition) is 1. The Kier molecular flexibility index (Phi) is 7.42. The van der Waals surface area contributed by atoms with Crippen molar-refractivity contribution in [2.45, 2.75) is 51.9 Å². The lowest BCUT2D eigenvalue weighted by Crippen LogP contribution is -2.36. The van der Waals surface area contributed by atoms with Gasteiger partial charge in [0.2, 0.25) is 0 Å². The summed E-state index contributed by atoms with van der Waals surface area (Å²) >= 11 is 6.07. The predicted molar refractivity (Wildman–Crippen MR) is 133 cm³/mol. The highest BCUT2D eigenvalue weighted by molar-refractivity contribution is 6.30. The van der Waals surface area contributed by atoms with Crippen molar-refractivity contribution in [3.8, 4) is 5.75 Å². The molecule has 0 saturated heterocycles. The van der Waals surface area contributed by atoms with Crippen LogP contribution in [-0.4, -0.2) is 25.0 Å². The molecular formula is C28H30ClNO4. The molecule has 2 atom stereocenters. The number of esters is 1. The highest BCUT2D eigenvalue weighted by atomic mass is 35.5. The molecule has 34 heavy (non-hydrogen) atoms. The standard InChI is InChI=1S/C28H30ClNO4/c1-4-14-34-24-9-7-6-8-21(24)26-25(28(32)33-5-2)17(3)30-22-15-19(16-23(31)27(22)26)18-10-12-20(29)13-11-18/h6-13,19,26,30H,4-5,14-16H2,1-3H3. The Hall–Kier alpha value is -3.05. The maximum absolute atomic E-state index is 13.7. The summed E-state index contributed by atoms with van der Waals surface area (Å²) < 4.78 is 11.5. The van der Waals surface area contributed by atoms with Crippen molar-refractivity contribution in [3.05, 3.63) is 87.2 Å². The smallest absolute Gasteiger partial charge is 0.336 e. The minimum atomic E-state index is -0.540. The molecule has 6 heteroatoms. The first-order valence-electron chi connectivity index (χ1n) is 11.8. The van der Waals surface area contributed by atoms with Crippen molar-refractivity contribution in [3.63, 3.8) is 0 Å². The number of nitrogens with one attached hydrogen (secondary N) is 1. The Morgan fingerprint density at radius 3 is 2.53 bits per heavy atom. The molecule has 1 heterocycles. The first-order valence-corrected chi connectivity index (χ1v) is 12.2. The van der Waals surface area contributed by atoms with Crippen LogP contribution in [0.4, 0.5) is 0 Å². The second-order valence-corrected chi connectivity index (χ2v) is 9.11. The Bertz CT molecular complexity index is 1150. The van der Waals surface area contributed by atoms with Crippen LogP contribution >= 0.6 is 11.6 Å². The van der Waals surface area contributed by atoms with Crippen molar-refractivity contribution in [2.24, 2.45) is 0 Å². The number of allylic oxidation sites excluding steroid dienone is 3. The molecular weight excluding hydrogens is 450 g/mol. The molecule has 0 fully saturated rings. The average molecular weight is 480 g/mol. The van der Waals surface area contributed by atoms with Gasteiger partial charge >= 0.3 is 5.97 Å². The number of halogens is 1. The van der Waals surface area contributed by atoms with E-state index in [1.165, 1.54) is 0 Å². The maximum Gasteiger partial charge on any atom is 0.336 e. The quantitative estimate of drug-likeness (QED) is 0.489. The summed E-state index contributed by atoms with van der Waals surface area (Å²) in [6.45, 7) is 6.51. The third-order valence-electron chi connectivity index (χ3n) is 6.36. The Balaban J connectivity index is 1.81. The van der Waals surface area contributed by atoms with Gasteiger partial charge in [-0.15, -0.1) is 0 Å². The molecule has 0 spiro atoms. The van der Waals surface area contributed by atoms with E-state index in [4.69, 9.17) is 21.1 Å². The second-order valence-electron chi connectivity index (χ2n) is 8.68. The molecule has 1 N–H and O–H groups in total. The molecule has 0 bridgehead atoms. The number of para-hydroxylation sites is 1. The molecule has 178 valence electrons. The molecule has 0 aromatic heterocycles. The molecule has 0 saturated carbocycles. The summed E-state index contributed by atoms with van der Waals surface area (Å²) in [7, 11) is 0. The van der Waals surface area contributed by atoms with E-state index in [0.717, 1.165) is 23.2 Å². The second kappa shape index (κ2) is 10.5. The zero-order valence-corrected chi connectivity index (χ0v) is 20.6. The van der Waals surface area contributed by atoms with Gasteiger partial charge < -0.3 is 14.8 Å². The van der Waals surface area contributed by atoms with Gasteiger partial charge in [0.25, 0.3) is 0 Å². The molecule has 0 amide bonds. The minimum absolute atomic E-state index is 0.0262. The topological polar surface area (TPSA) is 64.6 Å². The first kappa shape index (κ1) is 24.1. The molecule has 2 aliphatic rings. The van der Waals surface area contributed by atoms with Gasteiger partial charge in [-0.25, -0.2) is 4.79 Å². The molecule has 5 nitrogen and oxygen atoms in total. The van der Waals surface area contributed by atoms with Crippen molar-refractivity contribution >= 4 is 23.4 Å². The highest BCUT2D eigenvalue weighted by Gasteiger charge is 2.42. The van der Waals surface area contributed by atoms with Crippen molar-refractivity contribution < 1.29 is 19.1 Å². The largest absolute Gasteiger partial charge is 0.493 e. The Morgan fingerprint density at radius 1 is 1.09 bits per heavy atom. The van der Waals surface area contributed by atoms with Crippen molar-refractivity contribution in [1.29, 1.82) is 0 Å². The van der Waals surface area contributed by atoms with Gasteiger partial charge in [-0.1, -0.05) is 48.9 Å². The number of ether oxygens (including phenoxy) is 2. The van der Waals surface area contributed by atoms with E-state index in [1.54, 1.807) is 6.92 Å². The van der Waals surface area contributed by atoms with Crippen LogP contribution in [0.1, 0.15) is 63.0 Å². The number of rotatable bonds is 7. The average Bonchev–Trinajstić information content (AvgIpc) is 2.82. The summed E-state index contributed by atoms with van der Waals surface area (Å²) in [4.78, 5) is 26.8. The van der Waals surface area contributed by atoms with Gasteiger partial charge in [-0.3, -0.25) is 4.79 Å². The van der Waals surface area contributed by atoms with Crippen LogP contribution in [0.5, 0.6) is 5.75 Å². The summed E-state index contributed by atoms with van der Waals surface area (Å²) in [6, 6.07) is 15.3. The summed E-state index contributed by atoms with van der Waals surface area (Å²) in [6.07, 6.45) is 1.90. The third-order valence-corrected chi connectivity index (χ3v) is 6.61. The highest BCUT2D eigenvalue weighted by Crippen LogP contribution is 2.47. The van der Waals surface area contributed by atoms with Gasteiger partial charge in [0.05, 0.1) is 24.7 Å². The minimum Gasteiger partial charge on any atom is -0.493 e. The van der Waals surface area contributed by atoms with Crippen LogP contribution in [0, 0.1) is 0 Å². The maximum atomic E-state index is 13.7. The van der Waals surface area contributed by atoms with E-state index in [0.29, 0.717) is 47.1 Å². The van der Waals surface area contributed by atoms with Crippen LogP contribution in [0.3, 0.4) is 0 Å². The van der Waals surface area contributed by atoms with E-state index in [2.05, 4.69) is 5.32 Å². The fourth-order valence-electron chi connectivity index (χ4n) is 4.86. The van der Waals surface area contributed by atoms with E-state index in [9.17, 15) is 9.59 Å². The van der Waals surface area contributed by atoms with Crippen LogP contribution in [0.25, 0.3) is 0 Å². The summed E-state index contributed by atoms with van der Waals surface area (Å²) in [5.41, 5.74) is 4.55. The SMILES string of the molecule is CCCOc1ccccc1C1C(C(=O)OCC)=C(C)NC2=C1C(=O)CC(c1ccc(Cl)cc1)C2. The number of carbonyl (C=O) groups is 2. The predicted octanol–water partition coefficient (Wildman–Crippen LogP) is 6.05. The monoisotopic (exact) mass is 479 g/mol. The lowest BCUT2D eigenvalue weighted by Gasteiger charge is -2.37. The molecule has 2 unspecified atom stereocenters. The summed E-state index contributed by atoms with van der Waals surface area (Å²) in [5.74, 6) is -0.201. The fourth-order valence-corrected chi connectivity index (χ4v) is 4.99. The summed E-state index contributed by atoms with van der Waals surface area (Å²) in [5, 5.41) is 4.05. The number of hydrogen-bond acceptors (Lipinski definition) is 5. The molecule has 1 aliphatic carbocycles. The van der Waals surface area contributed by atoms with E-state index in [1.807, 2.05) is 62.4 Å². The normalized spacial score (nSPS) is 20.1. The number of carbonyl (C=O) groups excluding carboxylic acids is 2. The lowest BCUT2D eigenvalue weighted by molar-refractivity contribution is -0.138. The molecule has 0 radical (unpaired) electrons. The molecule has 2 aromatic rings. The number of ketones is 1. The van der Waals surface area contributed by atoms with Gasteiger partial charge in [0.1, 0.15) is 5.75 Å². The van der Waals surface area contributed by atoms with Crippen molar-refractivity contribution in [2.75, 3.05) is 13.2 Å². The third kappa shape index (κ3) is 4.76. The van der Waals surface area contributed by atoms with Crippen LogP contribution < -0.4 is 10.1 Å². The number of dihydropyridines is 1. The number of benzene rings is 2.